The molecule has 20 heavy (non-hydrogen) atoms. The van der Waals surface area contributed by atoms with Gasteiger partial charge in [-0.15, -0.1) is 0 Å². The molecule has 4 nitrogen and oxygen atoms in total. The first-order chi connectivity index (χ1) is 9.62. The molecule has 1 aromatic carbocycles. The Balaban J connectivity index is 2.82. The first-order valence-corrected chi connectivity index (χ1v) is 7.06. The van der Waals surface area contributed by atoms with E-state index in [1.54, 1.807) is 7.11 Å². The molecule has 0 aliphatic heterocycles. The summed E-state index contributed by atoms with van der Waals surface area (Å²) in [5.41, 5.74) is 0.903. The second-order valence-corrected chi connectivity index (χ2v) is 5.04. The number of nitrogens with zero attached hydrogens (tertiary/aromatic N) is 1. The molecule has 0 amide bonds. The quantitative estimate of drug-likeness (QED) is 0.791. The van der Waals surface area contributed by atoms with Gasteiger partial charge in [0.1, 0.15) is 6.04 Å². The average molecular weight is 276 g/mol. The number of nitriles is 1. The molecule has 0 bridgehead atoms. The SMILES string of the molecule is CCOc1cc(C(C#N)NCCC(C)C)ccc1OC. The van der Waals surface area contributed by atoms with Crippen molar-refractivity contribution in [1.82, 2.24) is 5.32 Å². The fourth-order valence-corrected chi connectivity index (χ4v) is 1.90. The van der Waals surface area contributed by atoms with Gasteiger partial charge in [-0.3, -0.25) is 5.32 Å². The molecule has 4 heteroatoms. The lowest BCUT2D eigenvalue weighted by atomic mass is 10.1. The van der Waals surface area contributed by atoms with Crippen molar-refractivity contribution >= 4 is 0 Å². The molecule has 110 valence electrons. The van der Waals surface area contributed by atoms with Crippen molar-refractivity contribution in [3.05, 3.63) is 23.8 Å². The van der Waals surface area contributed by atoms with Crippen molar-refractivity contribution < 1.29 is 9.47 Å². The summed E-state index contributed by atoms with van der Waals surface area (Å²) >= 11 is 0. The second-order valence-electron chi connectivity index (χ2n) is 5.04. The van der Waals surface area contributed by atoms with E-state index in [0.717, 1.165) is 18.5 Å². The van der Waals surface area contributed by atoms with Gasteiger partial charge in [0.05, 0.1) is 19.8 Å². The molecule has 0 saturated carbocycles. The highest BCUT2D eigenvalue weighted by Gasteiger charge is 2.13. The Morgan fingerprint density at radius 3 is 2.60 bits per heavy atom. The first kappa shape index (κ1) is 16.3. The zero-order valence-electron chi connectivity index (χ0n) is 12.8. The van der Waals surface area contributed by atoms with Crippen LogP contribution in [0.3, 0.4) is 0 Å². The van der Waals surface area contributed by atoms with Gasteiger partial charge >= 0.3 is 0 Å². The van der Waals surface area contributed by atoms with Crippen molar-refractivity contribution in [3.63, 3.8) is 0 Å². The maximum Gasteiger partial charge on any atom is 0.161 e. The summed E-state index contributed by atoms with van der Waals surface area (Å²) in [6.45, 7) is 7.66. The number of ether oxygens (including phenoxy) is 2. The summed E-state index contributed by atoms with van der Waals surface area (Å²) < 4.78 is 10.8. The topological polar surface area (TPSA) is 54.3 Å². The summed E-state index contributed by atoms with van der Waals surface area (Å²) in [4.78, 5) is 0. The van der Waals surface area contributed by atoms with Crippen LogP contribution in [0.1, 0.15) is 38.8 Å². The predicted molar refractivity (Wildman–Crippen MR) is 80.0 cm³/mol. The fourth-order valence-electron chi connectivity index (χ4n) is 1.90. The van der Waals surface area contributed by atoms with Crippen LogP contribution >= 0.6 is 0 Å². The summed E-state index contributed by atoms with van der Waals surface area (Å²) in [5.74, 6) is 1.99. The normalized spacial score (nSPS) is 12.0. The van der Waals surface area contributed by atoms with E-state index in [1.807, 2.05) is 25.1 Å². The number of methoxy groups -OCH3 is 1. The van der Waals surface area contributed by atoms with Crippen molar-refractivity contribution in [2.24, 2.45) is 5.92 Å². The molecule has 0 radical (unpaired) electrons. The van der Waals surface area contributed by atoms with Crippen LogP contribution in [0.5, 0.6) is 11.5 Å². The molecule has 0 saturated heterocycles. The smallest absolute Gasteiger partial charge is 0.161 e. The Labute approximate surface area is 121 Å². The minimum Gasteiger partial charge on any atom is -0.493 e. The van der Waals surface area contributed by atoms with E-state index in [2.05, 4.69) is 25.2 Å². The van der Waals surface area contributed by atoms with Gasteiger partial charge in [0.2, 0.25) is 0 Å². The second kappa shape index (κ2) is 8.44. The summed E-state index contributed by atoms with van der Waals surface area (Å²) in [6, 6.07) is 7.59. The molecular formula is C16H24N2O2. The van der Waals surface area contributed by atoms with Crippen LogP contribution in [0.25, 0.3) is 0 Å². The lowest BCUT2D eigenvalue weighted by molar-refractivity contribution is 0.310. The number of rotatable bonds is 8. The predicted octanol–water partition coefficient (Wildman–Crippen LogP) is 3.29. The van der Waals surface area contributed by atoms with Crippen molar-refractivity contribution in [2.75, 3.05) is 20.3 Å². The van der Waals surface area contributed by atoms with Crippen LogP contribution in [0.15, 0.2) is 18.2 Å². The van der Waals surface area contributed by atoms with E-state index >= 15 is 0 Å². The van der Waals surface area contributed by atoms with E-state index < -0.39 is 0 Å². The third-order valence-electron chi connectivity index (χ3n) is 3.02. The van der Waals surface area contributed by atoms with Crippen LogP contribution in [0.4, 0.5) is 0 Å². The maximum atomic E-state index is 9.31. The summed E-state index contributed by atoms with van der Waals surface area (Å²) in [7, 11) is 1.61. The number of benzene rings is 1. The zero-order valence-corrected chi connectivity index (χ0v) is 12.8. The van der Waals surface area contributed by atoms with Crippen molar-refractivity contribution in [3.8, 4) is 17.6 Å². The number of hydrogen-bond donors (Lipinski definition) is 1. The molecule has 1 N–H and O–H groups in total. The highest BCUT2D eigenvalue weighted by Crippen LogP contribution is 2.30. The Kier molecular flexibility index (Phi) is 6.89. The van der Waals surface area contributed by atoms with Gasteiger partial charge < -0.3 is 9.47 Å². The Morgan fingerprint density at radius 2 is 2.05 bits per heavy atom. The van der Waals surface area contributed by atoms with E-state index in [4.69, 9.17) is 9.47 Å². The highest BCUT2D eigenvalue weighted by molar-refractivity contribution is 5.44. The molecule has 1 atom stereocenters. The molecule has 0 aliphatic rings. The van der Waals surface area contributed by atoms with E-state index in [0.29, 0.717) is 24.0 Å². The molecule has 1 unspecified atom stereocenters. The van der Waals surface area contributed by atoms with Crippen LogP contribution in [0, 0.1) is 17.2 Å². The monoisotopic (exact) mass is 276 g/mol. The van der Waals surface area contributed by atoms with Gasteiger partial charge in [-0.05, 0) is 43.5 Å². The molecular weight excluding hydrogens is 252 g/mol. The Hall–Kier alpha value is -1.73. The van der Waals surface area contributed by atoms with Gasteiger partial charge in [-0.25, -0.2) is 0 Å². The average Bonchev–Trinajstić information content (AvgIpc) is 2.43. The minimum atomic E-state index is -0.320. The Bertz CT molecular complexity index is 452. The molecule has 1 aromatic rings. The van der Waals surface area contributed by atoms with Gasteiger partial charge in [0.25, 0.3) is 0 Å². The van der Waals surface area contributed by atoms with Gasteiger partial charge in [0.15, 0.2) is 11.5 Å². The van der Waals surface area contributed by atoms with Gasteiger partial charge in [-0.2, -0.15) is 5.26 Å². The minimum absolute atomic E-state index is 0.320. The summed E-state index contributed by atoms with van der Waals surface area (Å²) in [5, 5.41) is 12.6. The molecule has 1 rings (SSSR count). The number of hydrogen-bond acceptors (Lipinski definition) is 4. The van der Waals surface area contributed by atoms with Crippen LogP contribution in [-0.2, 0) is 0 Å². The van der Waals surface area contributed by atoms with Crippen LogP contribution in [-0.4, -0.2) is 20.3 Å². The van der Waals surface area contributed by atoms with E-state index in [9.17, 15) is 5.26 Å². The Morgan fingerprint density at radius 1 is 1.30 bits per heavy atom. The lowest BCUT2D eigenvalue weighted by Crippen LogP contribution is -2.22. The lowest BCUT2D eigenvalue weighted by Gasteiger charge is -2.16. The van der Waals surface area contributed by atoms with Crippen molar-refractivity contribution in [2.45, 2.75) is 33.2 Å². The van der Waals surface area contributed by atoms with E-state index in [1.165, 1.54) is 0 Å². The molecule has 0 aromatic heterocycles. The summed E-state index contributed by atoms with van der Waals surface area (Å²) in [6.07, 6.45) is 1.05. The number of nitrogens with one attached hydrogen (secondary N) is 1. The third-order valence-corrected chi connectivity index (χ3v) is 3.02. The fraction of sp³-hybridized carbons (Fsp3) is 0.562. The maximum absolute atomic E-state index is 9.31. The molecule has 0 aliphatic carbocycles. The largest absolute Gasteiger partial charge is 0.493 e. The molecule has 0 heterocycles. The van der Waals surface area contributed by atoms with Crippen LogP contribution in [0.2, 0.25) is 0 Å². The standard InChI is InChI=1S/C16H24N2O2/c1-5-20-16-10-13(6-7-15(16)19-4)14(11-17)18-9-8-12(2)3/h6-7,10,12,14,18H,5,8-9H2,1-4H3. The first-order valence-electron chi connectivity index (χ1n) is 7.06. The zero-order chi connectivity index (χ0) is 15.0. The third kappa shape index (κ3) is 4.75. The highest BCUT2D eigenvalue weighted by atomic mass is 16.5. The van der Waals surface area contributed by atoms with Crippen LogP contribution < -0.4 is 14.8 Å². The van der Waals surface area contributed by atoms with E-state index in [-0.39, 0.29) is 6.04 Å². The molecule has 0 fully saturated rings. The molecule has 0 spiro atoms. The van der Waals surface area contributed by atoms with Crippen molar-refractivity contribution in [1.29, 1.82) is 5.26 Å². The van der Waals surface area contributed by atoms with Gasteiger partial charge in [-0.1, -0.05) is 19.9 Å². The van der Waals surface area contributed by atoms with Gasteiger partial charge in [0, 0.05) is 0 Å².